The average molecular weight is 292 g/mol. The van der Waals surface area contributed by atoms with Gasteiger partial charge in [0, 0.05) is 37.4 Å². The number of hydrogen-bond donors (Lipinski definition) is 1. The van der Waals surface area contributed by atoms with E-state index in [2.05, 4.69) is 53.8 Å². The van der Waals surface area contributed by atoms with Gasteiger partial charge in [0.25, 0.3) is 0 Å². The molecule has 0 radical (unpaired) electrons. The molecule has 1 heterocycles. The van der Waals surface area contributed by atoms with Crippen molar-refractivity contribution in [3.05, 3.63) is 18.2 Å². The van der Waals surface area contributed by atoms with E-state index in [0.29, 0.717) is 11.6 Å². The highest BCUT2D eigenvalue weighted by Crippen LogP contribution is 2.39. The molecule has 1 saturated carbocycles. The van der Waals surface area contributed by atoms with Crippen molar-refractivity contribution in [2.45, 2.75) is 64.5 Å². The van der Waals surface area contributed by atoms with Crippen LogP contribution in [0.3, 0.4) is 0 Å². The highest BCUT2D eigenvalue weighted by Gasteiger charge is 2.44. The van der Waals surface area contributed by atoms with Crippen molar-refractivity contribution in [2.75, 3.05) is 19.6 Å². The van der Waals surface area contributed by atoms with E-state index in [1.165, 1.54) is 31.5 Å². The molecular formula is C17H32N4. The Hall–Kier alpha value is -0.870. The number of aryl methyl sites for hydroxylation is 1. The van der Waals surface area contributed by atoms with Gasteiger partial charge in [-0.05, 0) is 32.5 Å². The van der Waals surface area contributed by atoms with E-state index in [1.54, 1.807) is 0 Å². The van der Waals surface area contributed by atoms with Gasteiger partial charge >= 0.3 is 0 Å². The molecular weight excluding hydrogens is 260 g/mol. The van der Waals surface area contributed by atoms with Crippen LogP contribution in [0.25, 0.3) is 0 Å². The van der Waals surface area contributed by atoms with Gasteiger partial charge in [-0.25, -0.2) is 4.98 Å². The maximum absolute atomic E-state index is 4.56. The monoisotopic (exact) mass is 292 g/mol. The zero-order valence-corrected chi connectivity index (χ0v) is 14.2. The minimum atomic E-state index is 0.311. The highest BCUT2D eigenvalue weighted by atomic mass is 15.2. The van der Waals surface area contributed by atoms with E-state index in [4.69, 9.17) is 0 Å². The number of likely N-dealkylation sites (N-methyl/N-ethyl adjacent to an activating group) is 2. The molecule has 1 atom stereocenters. The van der Waals surface area contributed by atoms with E-state index < -0.39 is 0 Å². The van der Waals surface area contributed by atoms with Crippen LogP contribution in [0.2, 0.25) is 0 Å². The van der Waals surface area contributed by atoms with Gasteiger partial charge in [-0.15, -0.1) is 0 Å². The second-order valence-corrected chi connectivity index (χ2v) is 6.25. The van der Waals surface area contributed by atoms with Gasteiger partial charge in [0.05, 0.1) is 0 Å². The zero-order chi connectivity index (χ0) is 15.3. The molecule has 0 aromatic carbocycles. The quantitative estimate of drug-likeness (QED) is 0.799. The largest absolute Gasteiger partial charge is 0.338 e. The molecule has 21 heavy (non-hydrogen) atoms. The zero-order valence-electron chi connectivity index (χ0n) is 14.2. The van der Waals surface area contributed by atoms with Crippen molar-refractivity contribution >= 4 is 0 Å². The van der Waals surface area contributed by atoms with Crippen molar-refractivity contribution < 1.29 is 0 Å². The third-order valence-corrected chi connectivity index (χ3v) is 5.27. The van der Waals surface area contributed by atoms with Crippen LogP contribution >= 0.6 is 0 Å². The van der Waals surface area contributed by atoms with E-state index in [0.717, 1.165) is 26.1 Å². The molecule has 4 heteroatoms. The molecule has 4 nitrogen and oxygen atoms in total. The molecule has 1 aliphatic rings. The Balaban J connectivity index is 2.26. The van der Waals surface area contributed by atoms with Crippen LogP contribution < -0.4 is 5.32 Å². The number of aromatic nitrogens is 2. The lowest BCUT2D eigenvalue weighted by Gasteiger charge is -2.46. The Bertz CT molecular complexity index is 416. The third-order valence-electron chi connectivity index (χ3n) is 5.27. The summed E-state index contributed by atoms with van der Waals surface area (Å²) in [5.74, 6) is 1.19. The molecule has 1 aromatic heterocycles. The number of hydrogen-bond acceptors (Lipinski definition) is 3. The fourth-order valence-electron chi connectivity index (χ4n) is 4.20. The van der Waals surface area contributed by atoms with Crippen LogP contribution in [0.1, 0.15) is 52.3 Å². The summed E-state index contributed by atoms with van der Waals surface area (Å²) >= 11 is 0. The third kappa shape index (κ3) is 3.32. The number of nitrogens with zero attached hydrogens (tertiary/aromatic N) is 3. The number of imidazole rings is 1. The lowest BCUT2D eigenvalue weighted by atomic mass is 9.83. The van der Waals surface area contributed by atoms with E-state index in [-0.39, 0.29) is 0 Å². The minimum absolute atomic E-state index is 0.311. The van der Waals surface area contributed by atoms with Gasteiger partial charge < -0.3 is 9.88 Å². The van der Waals surface area contributed by atoms with Gasteiger partial charge in [0.15, 0.2) is 0 Å². The van der Waals surface area contributed by atoms with E-state index in [9.17, 15) is 0 Å². The first kappa shape index (κ1) is 16.5. The van der Waals surface area contributed by atoms with Gasteiger partial charge in [-0.1, -0.05) is 33.6 Å². The van der Waals surface area contributed by atoms with Gasteiger partial charge in [-0.2, -0.15) is 0 Å². The second-order valence-electron chi connectivity index (χ2n) is 6.25. The Kier molecular flexibility index (Phi) is 5.82. The molecule has 1 N–H and O–H groups in total. The molecule has 1 unspecified atom stereocenters. The maximum atomic E-state index is 4.56. The fraction of sp³-hybridized carbons (Fsp3) is 0.824. The maximum Gasteiger partial charge on any atom is 0.109 e. The molecule has 1 fully saturated rings. The van der Waals surface area contributed by atoms with Crippen LogP contribution in [0.15, 0.2) is 12.4 Å². The summed E-state index contributed by atoms with van der Waals surface area (Å²) in [6.07, 6.45) is 10.3. The average Bonchev–Trinajstić information content (AvgIpc) is 3.11. The topological polar surface area (TPSA) is 33.1 Å². The lowest BCUT2D eigenvalue weighted by Crippen LogP contribution is -2.60. The van der Waals surface area contributed by atoms with Crippen molar-refractivity contribution in [3.63, 3.8) is 0 Å². The van der Waals surface area contributed by atoms with Crippen molar-refractivity contribution in [1.82, 2.24) is 19.8 Å². The molecule has 1 aliphatic carbocycles. The Morgan fingerprint density at radius 2 is 1.95 bits per heavy atom. The molecule has 0 saturated heterocycles. The summed E-state index contributed by atoms with van der Waals surface area (Å²) in [5.41, 5.74) is 0.311. The molecule has 0 aliphatic heterocycles. The predicted octanol–water partition coefficient (Wildman–Crippen LogP) is 2.60. The molecule has 2 rings (SSSR count). The van der Waals surface area contributed by atoms with Crippen LogP contribution in [-0.2, 0) is 13.5 Å². The molecule has 0 spiro atoms. The van der Waals surface area contributed by atoms with Crippen LogP contribution in [0, 0.1) is 0 Å². The van der Waals surface area contributed by atoms with Crippen LogP contribution in [-0.4, -0.2) is 45.7 Å². The second kappa shape index (κ2) is 7.41. The first-order chi connectivity index (χ1) is 10.2. The summed E-state index contributed by atoms with van der Waals surface area (Å²) in [7, 11) is 2.10. The van der Waals surface area contributed by atoms with Gasteiger partial charge in [0.2, 0.25) is 0 Å². The molecule has 0 amide bonds. The molecule has 1 aromatic rings. The first-order valence-corrected chi connectivity index (χ1v) is 8.62. The Labute approximate surface area is 129 Å². The molecule has 120 valence electrons. The standard InChI is InChI=1S/C17H32N4/c1-5-18-15(14-16-19-12-13-20(16)4)17(10-8-9-11-17)21(6-2)7-3/h12-13,15,18H,5-11,14H2,1-4H3. The summed E-state index contributed by atoms with van der Waals surface area (Å²) in [6, 6.07) is 0.492. The van der Waals surface area contributed by atoms with E-state index in [1.807, 2.05) is 6.20 Å². The highest BCUT2D eigenvalue weighted by molar-refractivity contribution is 5.07. The molecule has 0 bridgehead atoms. The fourth-order valence-corrected chi connectivity index (χ4v) is 4.20. The van der Waals surface area contributed by atoms with Crippen molar-refractivity contribution in [3.8, 4) is 0 Å². The Morgan fingerprint density at radius 1 is 1.29 bits per heavy atom. The Morgan fingerprint density at radius 3 is 2.43 bits per heavy atom. The summed E-state index contributed by atoms with van der Waals surface area (Å²) in [5, 5.41) is 3.78. The van der Waals surface area contributed by atoms with Gasteiger partial charge in [0.1, 0.15) is 5.82 Å². The number of nitrogens with one attached hydrogen (secondary N) is 1. The van der Waals surface area contributed by atoms with Gasteiger partial charge in [-0.3, -0.25) is 4.90 Å². The van der Waals surface area contributed by atoms with Crippen molar-refractivity contribution in [1.29, 1.82) is 0 Å². The normalized spacial score (nSPS) is 19.3. The summed E-state index contributed by atoms with van der Waals surface area (Å²) in [6.45, 7) is 10.1. The van der Waals surface area contributed by atoms with Crippen LogP contribution in [0.4, 0.5) is 0 Å². The smallest absolute Gasteiger partial charge is 0.109 e. The van der Waals surface area contributed by atoms with Crippen molar-refractivity contribution in [2.24, 2.45) is 7.05 Å². The first-order valence-electron chi connectivity index (χ1n) is 8.62. The summed E-state index contributed by atoms with van der Waals surface area (Å²) in [4.78, 5) is 7.25. The number of rotatable bonds is 8. The predicted molar refractivity (Wildman–Crippen MR) is 88.5 cm³/mol. The minimum Gasteiger partial charge on any atom is -0.338 e. The summed E-state index contributed by atoms with van der Waals surface area (Å²) < 4.78 is 2.16. The lowest BCUT2D eigenvalue weighted by molar-refractivity contribution is 0.0626. The SMILES string of the molecule is CCNC(Cc1nccn1C)C1(N(CC)CC)CCCC1. The van der Waals surface area contributed by atoms with Crippen LogP contribution in [0.5, 0.6) is 0 Å². The van der Waals surface area contributed by atoms with E-state index >= 15 is 0 Å².